The Morgan fingerprint density at radius 3 is 1.30 bits per heavy atom. The van der Waals surface area contributed by atoms with Gasteiger partial charge in [0.1, 0.15) is 0 Å². The summed E-state index contributed by atoms with van der Waals surface area (Å²) in [4.78, 5) is 0. The number of rotatable bonds is 2. The number of hydrogen-bond donors (Lipinski definition) is 0. The molecule has 0 bridgehead atoms. The first kappa shape index (κ1) is 41.0. The van der Waals surface area contributed by atoms with Crippen LogP contribution in [0.5, 0.6) is 0 Å². The Morgan fingerprint density at radius 1 is 1.00 bits per heavy atom. The van der Waals surface area contributed by atoms with E-state index in [0.29, 0.717) is 0 Å². The molecule has 0 atom stereocenters. The largest absolute Gasteiger partial charge is 0.412 e. The van der Waals surface area contributed by atoms with Crippen molar-refractivity contribution in [3.05, 3.63) is 0 Å². The summed E-state index contributed by atoms with van der Waals surface area (Å²) in [6.45, 7) is 2.23. The maximum absolute atomic E-state index is 2.23. The van der Waals surface area contributed by atoms with Crippen molar-refractivity contribution in [1.29, 1.82) is 0 Å². The monoisotopic (exact) mass is 315 g/mol. The van der Waals surface area contributed by atoms with E-state index in [2.05, 4.69) is 6.92 Å². The maximum Gasteiger partial charge on any atom is -0.197 e. The minimum atomic E-state index is 0. The molecule has 2 nitrogen and oxygen atoms in total. The third-order valence-corrected chi connectivity index (χ3v) is 1.54. The van der Waals surface area contributed by atoms with Crippen LogP contribution in [0.4, 0.5) is 0 Å². The second kappa shape index (κ2) is 45.2. The van der Waals surface area contributed by atoms with E-state index in [9.17, 15) is 0 Å². The summed E-state index contributed by atoms with van der Waals surface area (Å²) in [6, 6.07) is 0. The van der Waals surface area contributed by atoms with Gasteiger partial charge in [0, 0.05) is 0 Å². The zero-order valence-electron chi connectivity index (χ0n) is 6.12. The van der Waals surface area contributed by atoms with Gasteiger partial charge < -0.3 is 11.0 Å². The van der Waals surface area contributed by atoms with E-state index in [0.717, 1.165) is 0 Å². The molecule has 69 valence electrons. The zero-order chi connectivity index (χ0) is 4.12. The molecule has 0 aromatic rings. The Balaban J connectivity index is -0.00000000800. The van der Waals surface area contributed by atoms with Crippen molar-refractivity contribution in [2.45, 2.75) is 24.2 Å². The summed E-state index contributed by atoms with van der Waals surface area (Å²) in [5.74, 6) is 0. The van der Waals surface area contributed by atoms with Crippen LogP contribution in [0.3, 0.4) is 0 Å². The van der Waals surface area contributed by atoms with E-state index in [-0.39, 0.29) is 51.4 Å². The van der Waals surface area contributed by atoms with Gasteiger partial charge in [-0.05, 0) is 0 Å². The molecule has 0 saturated carbocycles. The first-order chi connectivity index (χ1) is 2.41. The van der Waals surface area contributed by atoms with Crippen molar-refractivity contribution >= 4 is 63.0 Å². The third-order valence-electron chi connectivity index (χ3n) is 0.530. The molecule has 0 saturated heterocycles. The SMILES string of the molecule is CCC[CH2][Sn].O.O.S.S.S. The van der Waals surface area contributed by atoms with Gasteiger partial charge in [0.2, 0.25) is 0 Å². The molecule has 0 unspecified atom stereocenters. The quantitative estimate of drug-likeness (QED) is 0.647. The second-order valence-electron chi connectivity index (χ2n) is 1.10. The zero-order valence-corrected chi connectivity index (χ0v) is 12.0. The molecule has 0 aliphatic rings. The van der Waals surface area contributed by atoms with Crippen molar-refractivity contribution in [1.82, 2.24) is 0 Å². The topological polar surface area (TPSA) is 63.0 Å². The molecule has 3 radical (unpaired) electrons. The summed E-state index contributed by atoms with van der Waals surface area (Å²) in [6.07, 6.45) is 2.80. The fourth-order valence-corrected chi connectivity index (χ4v) is 1.19. The Kier molecular flexibility index (Phi) is 185. The van der Waals surface area contributed by atoms with Gasteiger partial charge in [-0.2, -0.15) is 40.5 Å². The molecule has 0 spiro atoms. The number of hydrogen-bond acceptors (Lipinski definition) is 0. The normalized spacial score (nSPS) is 4.20. The van der Waals surface area contributed by atoms with E-state index in [1.165, 1.54) is 17.3 Å². The number of unbranched alkanes of at least 4 members (excludes halogenated alkanes) is 1. The molecule has 0 fully saturated rings. The van der Waals surface area contributed by atoms with Crippen LogP contribution in [-0.4, -0.2) is 33.5 Å². The van der Waals surface area contributed by atoms with Gasteiger partial charge in [0.05, 0.1) is 0 Å². The fourth-order valence-electron chi connectivity index (χ4n) is 0.177. The van der Waals surface area contributed by atoms with E-state index < -0.39 is 0 Å². The molecule has 0 amide bonds. The molecular weight excluding hydrogens is 295 g/mol. The molecule has 0 aromatic carbocycles. The van der Waals surface area contributed by atoms with E-state index >= 15 is 0 Å². The summed E-state index contributed by atoms with van der Waals surface area (Å²) in [7, 11) is 0. The first-order valence-electron chi connectivity index (χ1n) is 2.06. The Bertz CT molecular complexity index is 26.0. The molecular formula is C4H19O2S3Sn. The van der Waals surface area contributed by atoms with Crippen LogP contribution in [0.1, 0.15) is 19.8 Å². The average molecular weight is 314 g/mol. The smallest absolute Gasteiger partial charge is 0.197 e. The van der Waals surface area contributed by atoms with E-state index in [1.807, 2.05) is 0 Å². The Hall–Kier alpha value is 1.77. The maximum atomic E-state index is 2.23. The molecule has 0 rings (SSSR count). The van der Waals surface area contributed by atoms with Gasteiger partial charge in [0.15, 0.2) is 0 Å². The molecule has 6 heteroatoms. The van der Waals surface area contributed by atoms with Crippen LogP contribution in [0, 0.1) is 0 Å². The van der Waals surface area contributed by atoms with Crippen molar-refractivity contribution < 1.29 is 11.0 Å². The fraction of sp³-hybridized carbons (Fsp3) is 1.00. The van der Waals surface area contributed by atoms with Crippen LogP contribution in [0.15, 0.2) is 0 Å². The van der Waals surface area contributed by atoms with Crippen molar-refractivity contribution in [3.63, 3.8) is 0 Å². The summed E-state index contributed by atoms with van der Waals surface area (Å²) >= 11 is 1.68. The van der Waals surface area contributed by atoms with Crippen LogP contribution >= 0.6 is 40.5 Å². The van der Waals surface area contributed by atoms with Gasteiger partial charge in [0.25, 0.3) is 0 Å². The van der Waals surface area contributed by atoms with E-state index in [1.54, 1.807) is 22.5 Å². The minimum absolute atomic E-state index is 0. The third kappa shape index (κ3) is 52.9. The molecule has 0 heterocycles. The van der Waals surface area contributed by atoms with Gasteiger partial charge in [-0.25, -0.2) is 0 Å². The van der Waals surface area contributed by atoms with Crippen LogP contribution in [-0.2, 0) is 0 Å². The molecule has 0 aliphatic carbocycles. The van der Waals surface area contributed by atoms with Gasteiger partial charge >= 0.3 is 46.7 Å². The van der Waals surface area contributed by atoms with Crippen LogP contribution in [0.2, 0.25) is 4.44 Å². The first-order valence-corrected chi connectivity index (χ1v) is 4.08. The van der Waals surface area contributed by atoms with E-state index in [4.69, 9.17) is 0 Å². The predicted molar refractivity (Wildman–Crippen MR) is 63.8 cm³/mol. The van der Waals surface area contributed by atoms with Crippen LogP contribution < -0.4 is 0 Å². The van der Waals surface area contributed by atoms with Crippen molar-refractivity contribution in [2.75, 3.05) is 0 Å². The Morgan fingerprint density at radius 2 is 1.30 bits per heavy atom. The molecule has 10 heavy (non-hydrogen) atoms. The van der Waals surface area contributed by atoms with Crippen molar-refractivity contribution in [3.8, 4) is 0 Å². The molecule has 4 N–H and O–H groups in total. The standard InChI is InChI=1S/C4H9.2H2O.3H2S.Sn/c1-3-4-2;;;;;;/h1,3-4H2,2H3;5*1H2;. The van der Waals surface area contributed by atoms with Gasteiger partial charge in [-0.1, -0.05) is 0 Å². The summed E-state index contributed by atoms with van der Waals surface area (Å²) in [5.41, 5.74) is 0. The summed E-state index contributed by atoms with van der Waals surface area (Å²) < 4.78 is 1.43. The van der Waals surface area contributed by atoms with Crippen LogP contribution in [0.25, 0.3) is 0 Å². The van der Waals surface area contributed by atoms with Crippen molar-refractivity contribution in [2.24, 2.45) is 0 Å². The Labute approximate surface area is 97.6 Å². The van der Waals surface area contributed by atoms with Gasteiger partial charge in [-0.3, -0.25) is 0 Å². The second-order valence-corrected chi connectivity index (χ2v) is 2.53. The molecule has 0 aliphatic heterocycles. The van der Waals surface area contributed by atoms with Gasteiger partial charge in [-0.15, -0.1) is 0 Å². The average Bonchev–Trinajstić information content (AvgIpc) is 1.41. The predicted octanol–water partition coefficient (Wildman–Crippen LogP) is 0.0623. The molecule has 0 aromatic heterocycles. The minimum Gasteiger partial charge on any atom is -0.412 e. The summed E-state index contributed by atoms with van der Waals surface area (Å²) in [5, 5.41) is 0.